The summed E-state index contributed by atoms with van der Waals surface area (Å²) in [5.74, 6) is 0.779. The van der Waals surface area contributed by atoms with Crippen LogP contribution in [-0.2, 0) is 13.0 Å². The minimum atomic E-state index is 0.147. The highest BCUT2D eigenvalue weighted by atomic mass is 16.5. The molecule has 0 aliphatic carbocycles. The van der Waals surface area contributed by atoms with Gasteiger partial charge in [0.1, 0.15) is 5.75 Å². The SMILES string of the molecule is Cc1ccc(CNCCCc2ccc(OC(C)C)c(N)c2)cc1. The lowest BCUT2D eigenvalue weighted by Crippen LogP contribution is -2.15. The van der Waals surface area contributed by atoms with Crippen LogP contribution in [0.5, 0.6) is 5.75 Å². The highest BCUT2D eigenvalue weighted by Crippen LogP contribution is 2.24. The molecule has 0 saturated carbocycles. The van der Waals surface area contributed by atoms with Gasteiger partial charge in [-0.25, -0.2) is 0 Å². The van der Waals surface area contributed by atoms with Crippen LogP contribution in [-0.4, -0.2) is 12.6 Å². The molecule has 0 heterocycles. The highest BCUT2D eigenvalue weighted by molar-refractivity contribution is 5.54. The molecule has 2 aromatic rings. The summed E-state index contributed by atoms with van der Waals surface area (Å²) in [6, 6.07) is 14.8. The van der Waals surface area contributed by atoms with E-state index < -0.39 is 0 Å². The Balaban J connectivity index is 1.71. The smallest absolute Gasteiger partial charge is 0.142 e. The molecule has 0 radical (unpaired) electrons. The van der Waals surface area contributed by atoms with Gasteiger partial charge in [0.2, 0.25) is 0 Å². The number of anilines is 1. The van der Waals surface area contributed by atoms with Crippen LogP contribution in [0.3, 0.4) is 0 Å². The Labute approximate surface area is 139 Å². The van der Waals surface area contributed by atoms with Crippen molar-refractivity contribution in [1.29, 1.82) is 0 Å². The normalized spacial score (nSPS) is 11.0. The Morgan fingerprint density at radius 1 is 1.04 bits per heavy atom. The van der Waals surface area contributed by atoms with Gasteiger partial charge in [-0.2, -0.15) is 0 Å². The van der Waals surface area contributed by atoms with Crippen LogP contribution in [0.4, 0.5) is 5.69 Å². The maximum atomic E-state index is 6.05. The molecule has 0 spiro atoms. The van der Waals surface area contributed by atoms with E-state index in [1.165, 1.54) is 16.7 Å². The van der Waals surface area contributed by atoms with Crippen molar-refractivity contribution in [2.24, 2.45) is 0 Å². The Morgan fingerprint density at radius 3 is 2.39 bits per heavy atom. The molecule has 0 saturated heterocycles. The molecular weight excluding hydrogens is 284 g/mol. The molecule has 0 fully saturated rings. The summed E-state index contributed by atoms with van der Waals surface area (Å²) < 4.78 is 5.66. The number of rotatable bonds is 8. The van der Waals surface area contributed by atoms with Gasteiger partial charge in [0.15, 0.2) is 0 Å². The van der Waals surface area contributed by atoms with E-state index in [0.717, 1.165) is 37.4 Å². The largest absolute Gasteiger partial charge is 0.489 e. The van der Waals surface area contributed by atoms with Crippen molar-refractivity contribution in [2.45, 2.75) is 46.3 Å². The molecule has 0 unspecified atom stereocenters. The molecule has 0 bridgehead atoms. The predicted octanol–water partition coefficient (Wildman–Crippen LogP) is 4.09. The van der Waals surface area contributed by atoms with Crippen LogP contribution >= 0.6 is 0 Å². The lowest BCUT2D eigenvalue weighted by molar-refractivity contribution is 0.244. The van der Waals surface area contributed by atoms with Crippen molar-refractivity contribution >= 4 is 5.69 Å². The van der Waals surface area contributed by atoms with Crippen molar-refractivity contribution in [3.05, 3.63) is 59.2 Å². The fraction of sp³-hybridized carbons (Fsp3) is 0.400. The van der Waals surface area contributed by atoms with Crippen LogP contribution < -0.4 is 15.8 Å². The molecule has 3 heteroatoms. The second-order valence-corrected chi connectivity index (χ2v) is 6.30. The number of hydrogen-bond acceptors (Lipinski definition) is 3. The molecule has 0 aromatic heterocycles. The fourth-order valence-corrected chi connectivity index (χ4v) is 2.47. The zero-order valence-electron chi connectivity index (χ0n) is 14.4. The maximum Gasteiger partial charge on any atom is 0.142 e. The Bertz CT molecular complexity index is 606. The molecule has 2 aromatic carbocycles. The van der Waals surface area contributed by atoms with Crippen LogP contribution in [0.15, 0.2) is 42.5 Å². The second kappa shape index (κ2) is 8.59. The van der Waals surface area contributed by atoms with Crippen molar-refractivity contribution in [1.82, 2.24) is 5.32 Å². The van der Waals surface area contributed by atoms with Crippen LogP contribution in [0.2, 0.25) is 0 Å². The summed E-state index contributed by atoms with van der Waals surface area (Å²) in [6.45, 7) is 8.04. The standard InChI is InChI=1S/C20H28N2O/c1-15(2)23-20-11-10-17(13-19(20)21)5-4-12-22-14-18-8-6-16(3)7-9-18/h6-11,13,15,22H,4-5,12,14,21H2,1-3H3. The minimum absolute atomic E-state index is 0.147. The summed E-state index contributed by atoms with van der Waals surface area (Å²) >= 11 is 0. The summed E-state index contributed by atoms with van der Waals surface area (Å²) in [6.07, 6.45) is 2.26. The van der Waals surface area contributed by atoms with E-state index in [0.29, 0.717) is 0 Å². The molecular formula is C20H28N2O. The van der Waals surface area contributed by atoms with Gasteiger partial charge in [0.05, 0.1) is 11.8 Å². The van der Waals surface area contributed by atoms with Crippen molar-refractivity contribution < 1.29 is 4.74 Å². The third kappa shape index (κ3) is 5.95. The van der Waals surface area contributed by atoms with Gasteiger partial charge < -0.3 is 15.8 Å². The van der Waals surface area contributed by atoms with Crippen molar-refractivity contribution in [3.63, 3.8) is 0 Å². The molecule has 3 nitrogen and oxygen atoms in total. The quantitative estimate of drug-likeness (QED) is 0.570. The third-order valence-electron chi connectivity index (χ3n) is 3.71. The van der Waals surface area contributed by atoms with Gasteiger partial charge in [-0.15, -0.1) is 0 Å². The maximum absolute atomic E-state index is 6.05. The second-order valence-electron chi connectivity index (χ2n) is 6.30. The first-order valence-corrected chi connectivity index (χ1v) is 8.36. The topological polar surface area (TPSA) is 47.3 Å². The lowest BCUT2D eigenvalue weighted by Gasteiger charge is -2.13. The molecule has 124 valence electrons. The zero-order chi connectivity index (χ0) is 16.7. The molecule has 23 heavy (non-hydrogen) atoms. The molecule has 0 aliphatic heterocycles. The van der Waals surface area contributed by atoms with Gasteiger partial charge in [0, 0.05) is 6.54 Å². The summed E-state index contributed by atoms with van der Waals surface area (Å²) in [5.41, 5.74) is 10.7. The van der Waals surface area contributed by atoms with E-state index >= 15 is 0 Å². The first-order valence-electron chi connectivity index (χ1n) is 8.36. The van der Waals surface area contributed by atoms with E-state index in [1.54, 1.807) is 0 Å². The van der Waals surface area contributed by atoms with Crippen LogP contribution in [0.1, 0.15) is 37.0 Å². The number of nitrogen functional groups attached to an aromatic ring is 1. The van der Waals surface area contributed by atoms with Gasteiger partial charge in [0.25, 0.3) is 0 Å². The summed E-state index contributed by atoms with van der Waals surface area (Å²) in [7, 11) is 0. The molecule has 2 rings (SSSR count). The molecule has 0 aliphatic rings. The number of ether oxygens (including phenoxy) is 1. The first-order chi connectivity index (χ1) is 11.0. The Kier molecular flexibility index (Phi) is 6.48. The van der Waals surface area contributed by atoms with Crippen LogP contribution in [0.25, 0.3) is 0 Å². The monoisotopic (exact) mass is 312 g/mol. The Hall–Kier alpha value is -2.00. The van der Waals surface area contributed by atoms with Gasteiger partial charge in [-0.05, 0) is 63.4 Å². The number of hydrogen-bond donors (Lipinski definition) is 2. The minimum Gasteiger partial charge on any atom is -0.489 e. The lowest BCUT2D eigenvalue weighted by atomic mass is 10.1. The van der Waals surface area contributed by atoms with E-state index in [9.17, 15) is 0 Å². The number of nitrogens with one attached hydrogen (secondary N) is 1. The predicted molar refractivity (Wildman–Crippen MR) is 97.8 cm³/mol. The van der Waals surface area contributed by atoms with E-state index in [-0.39, 0.29) is 6.10 Å². The average molecular weight is 312 g/mol. The summed E-state index contributed by atoms with van der Waals surface area (Å²) in [4.78, 5) is 0. The average Bonchev–Trinajstić information content (AvgIpc) is 2.51. The van der Waals surface area contributed by atoms with Crippen molar-refractivity contribution in [2.75, 3.05) is 12.3 Å². The first kappa shape index (κ1) is 17.4. The van der Waals surface area contributed by atoms with E-state index in [2.05, 4.69) is 42.6 Å². The van der Waals surface area contributed by atoms with Gasteiger partial charge in [-0.1, -0.05) is 35.9 Å². The highest BCUT2D eigenvalue weighted by Gasteiger charge is 2.04. The summed E-state index contributed by atoms with van der Waals surface area (Å²) in [5, 5.41) is 3.49. The van der Waals surface area contributed by atoms with Crippen LogP contribution in [0, 0.1) is 6.92 Å². The molecule has 3 N–H and O–H groups in total. The van der Waals surface area contributed by atoms with E-state index in [1.807, 2.05) is 26.0 Å². The van der Waals surface area contributed by atoms with Gasteiger partial charge >= 0.3 is 0 Å². The molecule has 0 amide bonds. The van der Waals surface area contributed by atoms with Gasteiger partial charge in [-0.3, -0.25) is 0 Å². The number of aryl methyl sites for hydroxylation is 2. The number of benzene rings is 2. The van der Waals surface area contributed by atoms with Crippen molar-refractivity contribution in [3.8, 4) is 5.75 Å². The molecule has 0 atom stereocenters. The third-order valence-corrected chi connectivity index (χ3v) is 3.71. The Morgan fingerprint density at radius 2 is 1.74 bits per heavy atom. The van der Waals surface area contributed by atoms with E-state index in [4.69, 9.17) is 10.5 Å². The number of nitrogens with two attached hydrogens (primary N) is 1. The fourth-order valence-electron chi connectivity index (χ4n) is 2.47. The zero-order valence-corrected chi connectivity index (χ0v) is 14.4.